The molecular weight excluding hydrogens is 316 g/mol. The van der Waals surface area contributed by atoms with Gasteiger partial charge in [0.2, 0.25) is 10.0 Å². The van der Waals surface area contributed by atoms with Crippen LogP contribution in [0.15, 0.2) is 18.2 Å². The number of sulfone groups is 1. The van der Waals surface area contributed by atoms with Crippen LogP contribution in [-0.2, 0) is 19.9 Å². The van der Waals surface area contributed by atoms with Crippen LogP contribution in [0.25, 0.3) is 0 Å². The van der Waals surface area contributed by atoms with E-state index in [-0.39, 0.29) is 35.7 Å². The van der Waals surface area contributed by atoms with Gasteiger partial charge in [0.25, 0.3) is 0 Å². The molecule has 7 nitrogen and oxygen atoms in total. The molecule has 9 heteroatoms. The Hall–Kier alpha value is -1.48. The first-order chi connectivity index (χ1) is 9.73. The summed E-state index contributed by atoms with van der Waals surface area (Å²) in [6.45, 7) is 0. The Morgan fingerprint density at radius 3 is 2.48 bits per heavy atom. The maximum atomic E-state index is 12.3. The largest absolute Gasteiger partial charge is 0.497 e. The molecule has 2 rings (SSSR count). The lowest BCUT2D eigenvalue weighted by atomic mass is 10.2. The Balaban J connectivity index is 2.18. The van der Waals surface area contributed by atoms with Crippen LogP contribution in [0.4, 0.5) is 11.4 Å². The molecule has 0 aliphatic carbocycles. The topological polar surface area (TPSA) is 116 Å². The zero-order valence-electron chi connectivity index (χ0n) is 11.6. The number of anilines is 2. The number of nitrogens with two attached hydrogens (primary N) is 1. The van der Waals surface area contributed by atoms with Gasteiger partial charge >= 0.3 is 0 Å². The van der Waals surface area contributed by atoms with Crippen molar-refractivity contribution in [3.8, 4) is 5.75 Å². The van der Waals surface area contributed by atoms with Gasteiger partial charge in [-0.25, -0.2) is 16.8 Å². The molecular formula is C12H18N2O5S2. The lowest BCUT2D eigenvalue weighted by Gasteiger charge is -2.23. The molecule has 0 bridgehead atoms. The lowest BCUT2D eigenvalue weighted by molar-refractivity contribution is 0.415. The minimum absolute atomic E-state index is 0.0987. The number of benzene rings is 1. The molecule has 1 heterocycles. The average Bonchev–Trinajstić information content (AvgIpc) is 2.40. The number of ether oxygens (including phenoxy) is 1. The summed E-state index contributed by atoms with van der Waals surface area (Å²) < 4.78 is 54.8. The van der Waals surface area contributed by atoms with E-state index in [1.807, 2.05) is 0 Å². The van der Waals surface area contributed by atoms with Gasteiger partial charge in [0.15, 0.2) is 0 Å². The van der Waals surface area contributed by atoms with E-state index < -0.39 is 25.1 Å². The Kier molecular flexibility index (Phi) is 4.33. The van der Waals surface area contributed by atoms with Gasteiger partial charge in [-0.15, -0.1) is 0 Å². The van der Waals surface area contributed by atoms with Gasteiger partial charge in [-0.3, -0.25) is 4.72 Å². The fraction of sp³-hybridized carbons (Fsp3) is 0.500. The minimum Gasteiger partial charge on any atom is -0.497 e. The first kappa shape index (κ1) is 15.9. The number of sulfonamides is 1. The Morgan fingerprint density at radius 1 is 1.29 bits per heavy atom. The van der Waals surface area contributed by atoms with Crippen molar-refractivity contribution in [2.75, 3.05) is 29.1 Å². The molecule has 21 heavy (non-hydrogen) atoms. The second-order valence-corrected chi connectivity index (χ2v) is 9.22. The van der Waals surface area contributed by atoms with Gasteiger partial charge < -0.3 is 10.5 Å². The van der Waals surface area contributed by atoms with E-state index in [4.69, 9.17) is 10.5 Å². The summed E-state index contributed by atoms with van der Waals surface area (Å²) in [5.41, 5.74) is 6.26. The van der Waals surface area contributed by atoms with Crippen LogP contribution in [0, 0.1) is 0 Å². The number of hydrogen-bond acceptors (Lipinski definition) is 6. The summed E-state index contributed by atoms with van der Waals surface area (Å²) in [6, 6.07) is 4.66. The molecule has 0 saturated carbocycles. The molecule has 1 aliphatic rings. The van der Waals surface area contributed by atoms with Gasteiger partial charge in [0.1, 0.15) is 15.6 Å². The molecule has 0 aromatic heterocycles. The molecule has 1 saturated heterocycles. The van der Waals surface area contributed by atoms with Crippen LogP contribution < -0.4 is 15.2 Å². The van der Waals surface area contributed by atoms with E-state index in [1.54, 1.807) is 12.1 Å². The Morgan fingerprint density at radius 2 is 1.90 bits per heavy atom. The van der Waals surface area contributed by atoms with E-state index in [0.717, 1.165) is 0 Å². The highest BCUT2D eigenvalue weighted by Gasteiger charge is 2.33. The standard InChI is InChI=1S/C12H18N2O5S2/c1-19-9-2-3-11(13)12(8-9)14-21(17,18)10-4-6-20(15,16)7-5-10/h2-3,8,10,14H,4-7,13H2,1H3. The van der Waals surface area contributed by atoms with E-state index in [2.05, 4.69) is 4.72 Å². The summed E-state index contributed by atoms with van der Waals surface area (Å²) in [5, 5.41) is -0.730. The van der Waals surface area contributed by atoms with Crippen LogP contribution >= 0.6 is 0 Å². The molecule has 1 aliphatic heterocycles. The first-order valence-electron chi connectivity index (χ1n) is 6.39. The number of rotatable bonds is 4. The van der Waals surface area contributed by atoms with Gasteiger partial charge in [0, 0.05) is 6.07 Å². The normalized spacial score (nSPS) is 19.1. The summed E-state index contributed by atoms with van der Waals surface area (Å²) >= 11 is 0. The van der Waals surface area contributed by atoms with Crippen molar-refractivity contribution >= 4 is 31.2 Å². The number of nitrogens with one attached hydrogen (secondary N) is 1. The SMILES string of the molecule is COc1ccc(N)c(NS(=O)(=O)C2CCS(=O)(=O)CC2)c1. The molecule has 1 aromatic rings. The van der Waals surface area contributed by atoms with Crippen molar-refractivity contribution in [2.45, 2.75) is 18.1 Å². The van der Waals surface area contributed by atoms with E-state index in [0.29, 0.717) is 5.75 Å². The lowest BCUT2D eigenvalue weighted by Crippen LogP contribution is -2.36. The molecule has 3 N–H and O–H groups in total. The molecule has 1 aromatic carbocycles. The fourth-order valence-corrected chi connectivity index (χ4v) is 5.46. The monoisotopic (exact) mass is 334 g/mol. The number of nitrogen functional groups attached to an aromatic ring is 1. The van der Waals surface area contributed by atoms with E-state index in [1.165, 1.54) is 13.2 Å². The first-order valence-corrected chi connectivity index (χ1v) is 9.76. The molecule has 1 fully saturated rings. The Labute approximate surface area is 124 Å². The second kappa shape index (κ2) is 5.72. The second-order valence-electron chi connectivity index (χ2n) is 4.95. The minimum atomic E-state index is -3.68. The van der Waals surface area contributed by atoms with Gasteiger partial charge in [-0.2, -0.15) is 0 Å². The third-order valence-corrected chi connectivity index (χ3v) is 7.02. The average molecular weight is 334 g/mol. The highest BCUT2D eigenvalue weighted by Crippen LogP contribution is 2.28. The fourth-order valence-electron chi connectivity index (χ4n) is 2.17. The van der Waals surface area contributed by atoms with Crippen molar-refractivity contribution < 1.29 is 21.6 Å². The summed E-state index contributed by atoms with van der Waals surface area (Å²) in [5.74, 6) is 0.270. The van der Waals surface area contributed by atoms with Crippen LogP contribution in [-0.4, -0.2) is 40.7 Å². The zero-order chi connectivity index (χ0) is 15.7. The van der Waals surface area contributed by atoms with Gasteiger partial charge in [0.05, 0.1) is 35.2 Å². The van der Waals surface area contributed by atoms with Crippen molar-refractivity contribution in [1.82, 2.24) is 0 Å². The van der Waals surface area contributed by atoms with Gasteiger partial charge in [-0.1, -0.05) is 0 Å². The van der Waals surface area contributed by atoms with E-state index in [9.17, 15) is 16.8 Å². The van der Waals surface area contributed by atoms with Crippen LogP contribution in [0.1, 0.15) is 12.8 Å². The molecule has 0 unspecified atom stereocenters. The maximum Gasteiger partial charge on any atom is 0.235 e. The molecule has 0 amide bonds. The molecule has 118 valence electrons. The van der Waals surface area contributed by atoms with Crippen LogP contribution in [0.5, 0.6) is 5.75 Å². The predicted molar refractivity (Wildman–Crippen MR) is 81.6 cm³/mol. The van der Waals surface area contributed by atoms with E-state index >= 15 is 0 Å². The Bertz CT molecular complexity index is 714. The third-order valence-electron chi connectivity index (χ3n) is 3.45. The third kappa shape index (κ3) is 3.79. The predicted octanol–water partition coefficient (Wildman–Crippen LogP) is 0.596. The zero-order valence-corrected chi connectivity index (χ0v) is 13.2. The van der Waals surface area contributed by atoms with Crippen molar-refractivity contribution in [1.29, 1.82) is 0 Å². The number of methoxy groups -OCH3 is 1. The van der Waals surface area contributed by atoms with Crippen molar-refractivity contribution in [3.63, 3.8) is 0 Å². The summed E-state index contributed by atoms with van der Waals surface area (Å²) in [7, 11) is -5.32. The highest BCUT2D eigenvalue weighted by atomic mass is 32.2. The summed E-state index contributed by atoms with van der Waals surface area (Å²) in [4.78, 5) is 0. The number of hydrogen-bond donors (Lipinski definition) is 2. The molecule has 0 atom stereocenters. The summed E-state index contributed by atoms with van der Waals surface area (Å²) in [6.07, 6.45) is 0.197. The van der Waals surface area contributed by atoms with Crippen LogP contribution in [0.3, 0.4) is 0 Å². The molecule has 0 spiro atoms. The maximum absolute atomic E-state index is 12.3. The van der Waals surface area contributed by atoms with Crippen molar-refractivity contribution in [3.05, 3.63) is 18.2 Å². The van der Waals surface area contributed by atoms with Gasteiger partial charge in [-0.05, 0) is 25.0 Å². The molecule has 0 radical (unpaired) electrons. The van der Waals surface area contributed by atoms with Crippen LogP contribution in [0.2, 0.25) is 0 Å². The highest BCUT2D eigenvalue weighted by molar-refractivity contribution is 7.94. The smallest absolute Gasteiger partial charge is 0.235 e. The quantitative estimate of drug-likeness (QED) is 0.779. The van der Waals surface area contributed by atoms with Crippen molar-refractivity contribution in [2.24, 2.45) is 0 Å².